The van der Waals surface area contributed by atoms with Gasteiger partial charge in [0, 0.05) is 44.7 Å². The molecule has 1 aromatic rings. The van der Waals surface area contributed by atoms with Crippen molar-refractivity contribution in [3.05, 3.63) is 35.6 Å². The lowest BCUT2D eigenvalue weighted by Gasteiger charge is -2.30. The number of amides is 2. The number of halogens is 2. The van der Waals surface area contributed by atoms with Crippen LogP contribution in [0.4, 0.5) is 4.39 Å². The first-order valence-corrected chi connectivity index (χ1v) is 10.6. The van der Waals surface area contributed by atoms with Gasteiger partial charge in [0.05, 0.1) is 6.42 Å². The Kier molecular flexibility index (Phi) is 7.52. The third-order valence-corrected chi connectivity index (χ3v) is 6.48. The molecule has 0 saturated carbocycles. The Hall–Kier alpha value is -1.66. The van der Waals surface area contributed by atoms with E-state index in [4.69, 9.17) is 0 Å². The summed E-state index contributed by atoms with van der Waals surface area (Å²) in [4.78, 5) is 29.2. The number of nitrogens with zero attached hydrogens (tertiary/aromatic N) is 2. The molecule has 0 aliphatic carbocycles. The van der Waals surface area contributed by atoms with Crippen LogP contribution in [0.3, 0.4) is 0 Å². The number of nitrogens with one attached hydrogen (secondary N) is 1. The lowest BCUT2D eigenvalue weighted by atomic mass is 9.89. The Morgan fingerprint density at radius 2 is 1.66 bits per heavy atom. The Morgan fingerprint density at radius 1 is 1.00 bits per heavy atom. The minimum absolute atomic E-state index is 0. The van der Waals surface area contributed by atoms with Gasteiger partial charge in [-0.3, -0.25) is 9.59 Å². The molecule has 29 heavy (non-hydrogen) atoms. The highest BCUT2D eigenvalue weighted by Gasteiger charge is 2.35. The van der Waals surface area contributed by atoms with Gasteiger partial charge in [0.2, 0.25) is 11.8 Å². The number of rotatable bonds is 4. The number of hydrogen-bond donors (Lipinski definition) is 1. The largest absolute Gasteiger partial charge is 0.341 e. The first-order valence-electron chi connectivity index (χ1n) is 10.6. The molecule has 2 amide bonds. The first-order chi connectivity index (χ1) is 13.6. The van der Waals surface area contributed by atoms with Gasteiger partial charge in [-0.2, -0.15) is 0 Å². The fraction of sp³-hybridized carbons (Fsp3) is 0.636. The molecule has 3 aliphatic heterocycles. The summed E-state index contributed by atoms with van der Waals surface area (Å²) in [6.45, 7) is 2.55. The van der Waals surface area contributed by atoms with Crippen LogP contribution in [0.25, 0.3) is 0 Å². The maximum atomic E-state index is 13.3. The number of fused-ring (bicyclic) bond motifs is 2. The van der Waals surface area contributed by atoms with Crippen LogP contribution < -0.4 is 5.32 Å². The van der Waals surface area contributed by atoms with Crippen molar-refractivity contribution in [3.8, 4) is 0 Å². The highest BCUT2D eigenvalue weighted by atomic mass is 35.5. The summed E-state index contributed by atoms with van der Waals surface area (Å²) in [5.41, 5.74) is 0.697. The van der Waals surface area contributed by atoms with Gasteiger partial charge in [0.15, 0.2) is 0 Å². The van der Waals surface area contributed by atoms with Crippen LogP contribution in [0.15, 0.2) is 24.3 Å². The lowest BCUT2D eigenvalue weighted by Crippen LogP contribution is -2.41. The third kappa shape index (κ3) is 5.70. The molecule has 3 saturated heterocycles. The average molecular weight is 424 g/mol. The van der Waals surface area contributed by atoms with E-state index >= 15 is 0 Å². The molecule has 3 heterocycles. The van der Waals surface area contributed by atoms with E-state index in [2.05, 4.69) is 5.32 Å². The molecule has 1 N–H and O–H groups in total. The summed E-state index contributed by atoms with van der Waals surface area (Å²) in [5, 5.41) is 3.63. The highest BCUT2D eigenvalue weighted by Crippen LogP contribution is 2.33. The summed E-state index contributed by atoms with van der Waals surface area (Å²) in [6.07, 6.45) is 6.40. The summed E-state index contributed by atoms with van der Waals surface area (Å²) in [6, 6.07) is 7.43. The van der Waals surface area contributed by atoms with Gasteiger partial charge >= 0.3 is 0 Å². The monoisotopic (exact) mass is 423 g/mol. The van der Waals surface area contributed by atoms with Crippen LogP contribution in [0, 0.1) is 11.7 Å². The van der Waals surface area contributed by atoms with Crippen molar-refractivity contribution >= 4 is 24.2 Å². The predicted molar refractivity (Wildman–Crippen MR) is 112 cm³/mol. The topological polar surface area (TPSA) is 52.7 Å². The molecule has 5 nitrogen and oxygen atoms in total. The summed E-state index contributed by atoms with van der Waals surface area (Å²) < 4.78 is 13.3. The van der Waals surface area contributed by atoms with Gasteiger partial charge in [0.1, 0.15) is 5.82 Å². The molecular formula is C22H31ClFN3O2. The van der Waals surface area contributed by atoms with Gasteiger partial charge in [-0.25, -0.2) is 4.39 Å². The fourth-order valence-electron chi connectivity index (χ4n) is 5.07. The Labute approximate surface area is 178 Å². The van der Waals surface area contributed by atoms with Gasteiger partial charge in [-0.05, 0) is 55.7 Å². The zero-order valence-corrected chi connectivity index (χ0v) is 17.6. The Bertz CT molecular complexity index is 720. The average Bonchev–Trinajstić information content (AvgIpc) is 2.86. The number of piperidine rings is 1. The molecule has 160 valence electrons. The quantitative estimate of drug-likeness (QED) is 0.810. The molecule has 2 unspecified atom stereocenters. The second kappa shape index (κ2) is 9.90. The molecular weight excluding hydrogens is 393 g/mol. The Morgan fingerprint density at radius 3 is 2.31 bits per heavy atom. The molecule has 2 bridgehead atoms. The third-order valence-electron chi connectivity index (χ3n) is 6.48. The van der Waals surface area contributed by atoms with E-state index in [9.17, 15) is 14.0 Å². The minimum atomic E-state index is -0.315. The van der Waals surface area contributed by atoms with Crippen molar-refractivity contribution in [2.45, 2.75) is 57.0 Å². The smallest absolute Gasteiger partial charge is 0.227 e. The van der Waals surface area contributed by atoms with Crippen LogP contribution in [0.5, 0.6) is 0 Å². The van der Waals surface area contributed by atoms with E-state index in [0.29, 0.717) is 49.6 Å². The van der Waals surface area contributed by atoms with Crippen molar-refractivity contribution in [3.63, 3.8) is 0 Å². The number of carbonyl (C=O) groups excluding carboxylic acids is 2. The maximum Gasteiger partial charge on any atom is 0.227 e. The minimum Gasteiger partial charge on any atom is -0.341 e. The normalized spacial score (nSPS) is 26.6. The number of carbonyl (C=O) groups is 2. The molecule has 2 atom stereocenters. The van der Waals surface area contributed by atoms with Gasteiger partial charge in [0.25, 0.3) is 0 Å². The molecule has 3 aliphatic rings. The van der Waals surface area contributed by atoms with E-state index in [1.807, 2.05) is 9.80 Å². The highest BCUT2D eigenvalue weighted by molar-refractivity contribution is 5.85. The van der Waals surface area contributed by atoms with E-state index in [1.165, 1.54) is 25.0 Å². The SMILES string of the molecule is Cl.O=C(Cc1cccc(F)c1)N1CCCN(C(=O)CC2CC3CCC(C2)N3)CC1. The van der Waals surface area contributed by atoms with E-state index in [-0.39, 0.29) is 36.5 Å². The van der Waals surface area contributed by atoms with Crippen LogP contribution in [0.2, 0.25) is 0 Å². The van der Waals surface area contributed by atoms with Gasteiger partial charge in [-0.15, -0.1) is 12.4 Å². The van der Waals surface area contributed by atoms with Crippen LogP contribution >= 0.6 is 12.4 Å². The zero-order chi connectivity index (χ0) is 19.5. The molecule has 1 aromatic carbocycles. The van der Waals surface area contributed by atoms with E-state index < -0.39 is 0 Å². The van der Waals surface area contributed by atoms with Crippen LogP contribution in [0.1, 0.15) is 44.1 Å². The number of benzene rings is 1. The predicted octanol–water partition coefficient (Wildman–Crippen LogP) is 2.77. The van der Waals surface area contributed by atoms with Gasteiger partial charge in [-0.1, -0.05) is 12.1 Å². The molecule has 0 spiro atoms. The van der Waals surface area contributed by atoms with Gasteiger partial charge < -0.3 is 15.1 Å². The molecule has 7 heteroatoms. The summed E-state index contributed by atoms with van der Waals surface area (Å²) >= 11 is 0. The molecule has 0 radical (unpaired) electrons. The van der Waals surface area contributed by atoms with Crippen molar-refractivity contribution < 1.29 is 14.0 Å². The standard InChI is InChI=1S/C22H30FN3O2.ClH/c23-18-4-1-3-16(11-18)14-21(27)25-7-2-8-26(10-9-25)22(28)15-17-12-19-5-6-20(13-17)24-19;/h1,3-4,11,17,19-20,24H,2,5-10,12-15H2;1H. The first kappa shape index (κ1) is 22.0. The van der Waals surface area contributed by atoms with Crippen LogP contribution in [-0.2, 0) is 16.0 Å². The second-order valence-corrected chi connectivity index (χ2v) is 8.60. The second-order valence-electron chi connectivity index (χ2n) is 8.60. The molecule has 4 rings (SSSR count). The van der Waals surface area contributed by atoms with Crippen molar-refractivity contribution in [1.82, 2.24) is 15.1 Å². The fourth-order valence-corrected chi connectivity index (χ4v) is 5.07. The van der Waals surface area contributed by atoms with E-state index in [0.717, 1.165) is 25.8 Å². The maximum absolute atomic E-state index is 13.3. The summed E-state index contributed by atoms with van der Waals surface area (Å²) in [7, 11) is 0. The molecule has 3 fully saturated rings. The molecule has 0 aromatic heterocycles. The van der Waals surface area contributed by atoms with Crippen molar-refractivity contribution in [2.75, 3.05) is 26.2 Å². The summed E-state index contributed by atoms with van der Waals surface area (Å²) in [5.74, 6) is 0.435. The van der Waals surface area contributed by atoms with Crippen LogP contribution in [-0.4, -0.2) is 59.9 Å². The van der Waals surface area contributed by atoms with Crippen molar-refractivity contribution in [2.24, 2.45) is 5.92 Å². The number of hydrogen-bond acceptors (Lipinski definition) is 3. The van der Waals surface area contributed by atoms with E-state index in [1.54, 1.807) is 12.1 Å². The van der Waals surface area contributed by atoms with Crippen molar-refractivity contribution in [1.29, 1.82) is 0 Å². The zero-order valence-electron chi connectivity index (χ0n) is 16.8. The Balaban J connectivity index is 0.00000240. The lowest BCUT2D eigenvalue weighted by molar-refractivity contribution is -0.134.